The molecule has 25 heavy (non-hydrogen) atoms. The molecule has 0 aromatic heterocycles. The summed E-state index contributed by atoms with van der Waals surface area (Å²) in [7, 11) is 3.52. The standard InChI is InChI=1S/C19H33N5O/c1-16(15-25-4)22-19(20-3)21-14-17(2)23-10-12-24(13-11-23)18-8-6-5-7-9-18/h5-9,16-17H,10-15H2,1-4H3,(H2,20,21,22). The van der Waals surface area contributed by atoms with Crippen molar-refractivity contribution in [3.8, 4) is 0 Å². The Morgan fingerprint density at radius 1 is 1.16 bits per heavy atom. The quantitative estimate of drug-likeness (QED) is 0.577. The smallest absolute Gasteiger partial charge is 0.191 e. The van der Waals surface area contributed by atoms with Crippen molar-refractivity contribution in [2.75, 3.05) is 58.4 Å². The Balaban J connectivity index is 1.74. The molecular formula is C19H33N5O. The van der Waals surface area contributed by atoms with Crippen LogP contribution in [0, 0.1) is 0 Å². The summed E-state index contributed by atoms with van der Waals surface area (Å²) < 4.78 is 5.16. The Hall–Kier alpha value is -1.79. The van der Waals surface area contributed by atoms with Crippen molar-refractivity contribution in [1.29, 1.82) is 0 Å². The van der Waals surface area contributed by atoms with Gasteiger partial charge in [-0.2, -0.15) is 0 Å². The van der Waals surface area contributed by atoms with E-state index in [1.54, 1.807) is 14.2 Å². The summed E-state index contributed by atoms with van der Waals surface area (Å²) in [5, 5.41) is 6.77. The third-order valence-electron chi connectivity index (χ3n) is 4.65. The largest absolute Gasteiger partial charge is 0.383 e. The molecule has 1 heterocycles. The average Bonchev–Trinajstić information content (AvgIpc) is 2.66. The zero-order valence-electron chi connectivity index (χ0n) is 16.0. The van der Waals surface area contributed by atoms with Crippen LogP contribution in [-0.4, -0.2) is 76.4 Å². The Kier molecular flexibility index (Phi) is 8.01. The monoisotopic (exact) mass is 347 g/mol. The summed E-state index contributed by atoms with van der Waals surface area (Å²) in [6.45, 7) is 10.2. The number of aliphatic imine (C=N–C) groups is 1. The number of nitrogens with zero attached hydrogens (tertiary/aromatic N) is 3. The van der Waals surface area contributed by atoms with Crippen LogP contribution in [0.3, 0.4) is 0 Å². The van der Waals surface area contributed by atoms with Gasteiger partial charge >= 0.3 is 0 Å². The number of methoxy groups -OCH3 is 1. The number of rotatable bonds is 7. The average molecular weight is 348 g/mol. The van der Waals surface area contributed by atoms with E-state index in [-0.39, 0.29) is 6.04 Å². The van der Waals surface area contributed by atoms with E-state index in [4.69, 9.17) is 4.74 Å². The van der Waals surface area contributed by atoms with Crippen LogP contribution in [0.25, 0.3) is 0 Å². The molecule has 1 aromatic rings. The van der Waals surface area contributed by atoms with Crippen LogP contribution in [0.5, 0.6) is 0 Å². The predicted octanol–water partition coefficient (Wildman–Crippen LogP) is 1.40. The SMILES string of the molecule is CN=C(NCC(C)N1CCN(c2ccccc2)CC1)NC(C)COC. The van der Waals surface area contributed by atoms with E-state index in [0.717, 1.165) is 38.7 Å². The normalized spacial score (nSPS) is 18.7. The van der Waals surface area contributed by atoms with Gasteiger partial charge in [0.05, 0.1) is 6.61 Å². The lowest BCUT2D eigenvalue weighted by Gasteiger charge is -2.39. The highest BCUT2D eigenvalue weighted by Gasteiger charge is 2.21. The molecule has 1 saturated heterocycles. The van der Waals surface area contributed by atoms with Crippen molar-refractivity contribution in [2.24, 2.45) is 4.99 Å². The highest BCUT2D eigenvalue weighted by molar-refractivity contribution is 5.79. The highest BCUT2D eigenvalue weighted by atomic mass is 16.5. The van der Waals surface area contributed by atoms with Crippen LogP contribution in [0.4, 0.5) is 5.69 Å². The Labute approximate surface area is 152 Å². The maximum Gasteiger partial charge on any atom is 0.191 e. The minimum atomic E-state index is 0.237. The zero-order valence-corrected chi connectivity index (χ0v) is 16.0. The summed E-state index contributed by atoms with van der Waals surface area (Å²) in [5.41, 5.74) is 1.32. The van der Waals surface area contributed by atoms with Gasteiger partial charge in [-0.1, -0.05) is 18.2 Å². The number of benzene rings is 1. The fourth-order valence-electron chi connectivity index (χ4n) is 3.15. The molecule has 0 aliphatic carbocycles. The van der Waals surface area contributed by atoms with Gasteiger partial charge in [0.1, 0.15) is 0 Å². The molecule has 2 rings (SSSR count). The van der Waals surface area contributed by atoms with E-state index in [0.29, 0.717) is 12.6 Å². The van der Waals surface area contributed by atoms with Gasteiger partial charge in [-0.3, -0.25) is 9.89 Å². The first kappa shape index (κ1) is 19.5. The van der Waals surface area contributed by atoms with Gasteiger partial charge in [0.2, 0.25) is 0 Å². The molecule has 0 radical (unpaired) electrons. The van der Waals surface area contributed by atoms with Gasteiger partial charge in [0, 0.05) is 64.7 Å². The molecular weight excluding hydrogens is 314 g/mol. The van der Waals surface area contributed by atoms with E-state index < -0.39 is 0 Å². The van der Waals surface area contributed by atoms with Crippen LogP contribution in [0.1, 0.15) is 13.8 Å². The molecule has 2 atom stereocenters. The summed E-state index contributed by atoms with van der Waals surface area (Å²) >= 11 is 0. The molecule has 6 nitrogen and oxygen atoms in total. The minimum absolute atomic E-state index is 0.237. The summed E-state index contributed by atoms with van der Waals surface area (Å²) in [6.07, 6.45) is 0. The van der Waals surface area contributed by atoms with Crippen molar-refractivity contribution >= 4 is 11.6 Å². The maximum atomic E-state index is 5.16. The van der Waals surface area contributed by atoms with Crippen LogP contribution >= 0.6 is 0 Å². The number of hydrogen-bond acceptors (Lipinski definition) is 4. The van der Waals surface area contributed by atoms with Gasteiger partial charge < -0.3 is 20.3 Å². The Bertz CT molecular complexity index is 514. The molecule has 0 saturated carbocycles. The van der Waals surface area contributed by atoms with Crippen LogP contribution < -0.4 is 15.5 Å². The fraction of sp³-hybridized carbons (Fsp3) is 0.632. The predicted molar refractivity (Wildman–Crippen MR) is 106 cm³/mol. The molecule has 1 aromatic carbocycles. The molecule has 140 valence electrons. The van der Waals surface area contributed by atoms with E-state index >= 15 is 0 Å². The maximum absolute atomic E-state index is 5.16. The number of hydrogen-bond donors (Lipinski definition) is 2. The first-order chi connectivity index (χ1) is 12.1. The van der Waals surface area contributed by atoms with E-state index in [1.165, 1.54) is 5.69 Å². The van der Waals surface area contributed by atoms with Crippen molar-refractivity contribution < 1.29 is 4.74 Å². The second-order valence-electron chi connectivity index (χ2n) is 6.66. The third-order valence-corrected chi connectivity index (χ3v) is 4.65. The number of para-hydroxylation sites is 1. The third kappa shape index (κ3) is 6.21. The lowest BCUT2D eigenvalue weighted by molar-refractivity contribution is 0.178. The second-order valence-corrected chi connectivity index (χ2v) is 6.66. The summed E-state index contributed by atoms with van der Waals surface area (Å²) in [6, 6.07) is 11.4. The van der Waals surface area contributed by atoms with Crippen molar-refractivity contribution in [3.05, 3.63) is 30.3 Å². The van der Waals surface area contributed by atoms with Crippen LogP contribution in [-0.2, 0) is 4.74 Å². The Morgan fingerprint density at radius 3 is 2.44 bits per heavy atom. The van der Waals surface area contributed by atoms with Crippen LogP contribution in [0.15, 0.2) is 35.3 Å². The second kappa shape index (κ2) is 10.3. The topological polar surface area (TPSA) is 52.1 Å². The Morgan fingerprint density at radius 2 is 1.84 bits per heavy atom. The van der Waals surface area contributed by atoms with Gasteiger partial charge in [-0.15, -0.1) is 0 Å². The van der Waals surface area contributed by atoms with E-state index in [2.05, 4.69) is 69.6 Å². The highest BCUT2D eigenvalue weighted by Crippen LogP contribution is 2.16. The van der Waals surface area contributed by atoms with E-state index in [9.17, 15) is 0 Å². The molecule has 2 N–H and O–H groups in total. The zero-order chi connectivity index (χ0) is 18.1. The number of ether oxygens (including phenoxy) is 1. The first-order valence-corrected chi connectivity index (χ1v) is 9.14. The molecule has 0 bridgehead atoms. The number of nitrogens with one attached hydrogen (secondary N) is 2. The molecule has 0 spiro atoms. The molecule has 1 aliphatic heterocycles. The first-order valence-electron chi connectivity index (χ1n) is 9.14. The summed E-state index contributed by atoms with van der Waals surface area (Å²) in [4.78, 5) is 9.29. The number of piperazine rings is 1. The lowest BCUT2D eigenvalue weighted by Crippen LogP contribution is -2.54. The number of anilines is 1. The number of guanidine groups is 1. The molecule has 6 heteroatoms. The van der Waals surface area contributed by atoms with Gasteiger partial charge in [-0.25, -0.2) is 0 Å². The van der Waals surface area contributed by atoms with Crippen molar-refractivity contribution in [3.63, 3.8) is 0 Å². The molecule has 0 amide bonds. The van der Waals surface area contributed by atoms with Gasteiger partial charge in [0.25, 0.3) is 0 Å². The summed E-state index contributed by atoms with van der Waals surface area (Å²) in [5.74, 6) is 0.833. The molecule has 2 unspecified atom stereocenters. The fourth-order valence-corrected chi connectivity index (χ4v) is 3.15. The molecule has 1 aliphatic rings. The lowest BCUT2D eigenvalue weighted by atomic mass is 10.2. The van der Waals surface area contributed by atoms with Crippen molar-refractivity contribution in [2.45, 2.75) is 25.9 Å². The van der Waals surface area contributed by atoms with E-state index in [1.807, 2.05) is 0 Å². The molecule has 1 fully saturated rings. The van der Waals surface area contributed by atoms with Gasteiger partial charge in [-0.05, 0) is 26.0 Å². The van der Waals surface area contributed by atoms with Crippen molar-refractivity contribution in [1.82, 2.24) is 15.5 Å². The van der Waals surface area contributed by atoms with Gasteiger partial charge in [0.15, 0.2) is 5.96 Å². The van der Waals surface area contributed by atoms with Crippen LogP contribution in [0.2, 0.25) is 0 Å². The minimum Gasteiger partial charge on any atom is -0.383 e.